The fraction of sp³-hybridized carbons (Fsp3) is 0.467. The van der Waals surface area contributed by atoms with E-state index in [0.29, 0.717) is 11.6 Å². The highest BCUT2D eigenvalue weighted by atomic mass is 16.5. The number of aromatic nitrogens is 2. The summed E-state index contributed by atoms with van der Waals surface area (Å²) in [7, 11) is 0. The molecule has 1 saturated carbocycles. The Labute approximate surface area is 117 Å². The Balaban J connectivity index is 2.01. The third-order valence-corrected chi connectivity index (χ3v) is 3.44. The third-order valence-electron chi connectivity index (χ3n) is 3.44. The van der Waals surface area contributed by atoms with Crippen LogP contribution in [0, 0.1) is 0 Å². The topological polar surface area (TPSA) is 70.1 Å². The average Bonchev–Trinajstić information content (AvgIpc) is 3.14. The summed E-state index contributed by atoms with van der Waals surface area (Å²) < 4.78 is 7.19. The molecule has 0 bridgehead atoms. The summed E-state index contributed by atoms with van der Waals surface area (Å²) in [6.07, 6.45) is 2.15. The fourth-order valence-corrected chi connectivity index (χ4v) is 2.44. The van der Waals surface area contributed by atoms with Crippen LogP contribution in [-0.2, 0) is 16.1 Å². The number of fused-ring (bicyclic) bond motifs is 1. The summed E-state index contributed by atoms with van der Waals surface area (Å²) >= 11 is 0. The summed E-state index contributed by atoms with van der Waals surface area (Å²) in [6, 6.07) is 5.68. The van der Waals surface area contributed by atoms with Crippen LogP contribution in [-0.4, -0.2) is 21.6 Å². The van der Waals surface area contributed by atoms with E-state index in [4.69, 9.17) is 10.5 Å². The maximum Gasteiger partial charge on any atom is 0.326 e. The molecule has 0 unspecified atom stereocenters. The number of carbonyl (C=O) groups is 1. The van der Waals surface area contributed by atoms with Gasteiger partial charge in [0.05, 0.1) is 17.3 Å². The molecule has 106 valence electrons. The van der Waals surface area contributed by atoms with Crippen LogP contribution in [0.25, 0.3) is 11.0 Å². The highest BCUT2D eigenvalue weighted by molar-refractivity contribution is 5.88. The van der Waals surface area contributed by atoms with Crippen molar-refractivity contribution in [3.05, 3.63) is 24.0 Å². The van der Waals surface area contributed by atoms with Gasteiger partial charge in [-0.2, -0.15) is 0 Å². The number of para-hydroxylation sites is 1. The minimum absolute atomic E-state index is 0.105. The summed E-state index contributed by atoms with van der Waals surface area (Å²) in [6.45, 7) is 3.90. The zero-order valence-electron chi connectivity index (χ0n) is 11.8. The van der Waals surface area contributed by atoms with Crippen LogP contribution in [0.15, 0.2) is 18.2 Å². The number of carbonyl (C=O) groups excluding carboxylic acids is 1. The van der Waals surface area contributed by atoms with E-state index in [2.05, 4.69) is 4.98 Å². The second kappa shape index (κ2) is 4.81. The molecule has 20 heavy (non-hydrogen) atoms. The molecule has 1 aromatic heterocycles. The molecule has 1 aliphatic carbocycles. The molecule has 0 saturated heterocycles. The SMILES string of the molecule is CC(C)OC(=O)Cn1c(C2CC2)nc2c(N)cccc21. The van der Waals surface area contributed by atoms with Crippen LogP contribution in [0.5, 0.6) is 0 Å². The molecule has 0 atom stereocenters. The minimum atomic E-state index is -0.233. The van der Waals surface area contributed by atoms with E-state index < -0.39 is 0 Å². The molecule has 0 amide bonds. The maximum atomic E-state index is 11.9. The number of nitrogens with zero attached hydrogens (tertiary/aromatic N) is 2. The van der Waals surface area contributed by atoms with Crippen molar-refractivity contribution in [3.63, 3.8) is 0 Å². The van der Waals surface area contributed by atoms with Crippen molar-refractivity contribution in [3.8, 4) is 0 Å². The van der Waals surface area contributed by atoms with Crippen molar-refractivity contribution in [2.75, 3.05) is 5.73 Å². The minimum Gasteiger partial charge on any atom is -0.462 e. The number of hydrogen-bond acceptors (Lipinski definition) is 4. The van der Waals surface area contributed by atoms with E-state index >= 15 is 0 Å². The molecule has 0 aliphatic heterocycles. The summed E-state index contributed by atoms with van der Waals surface area (Å²) in [4.78, 5) is 16.6. The highest BCUT2D eigenvalue weighted by Gasteiger charge is 2.30. The van der Waals surface area contributed by atoms with Gasteiger partial charge in [-0.1, -0.05) is 6.07 Å². The van der Waals surface area contributed by atoms with Crippen molar-refractivity contribution in [1.29, 1.82) is 0 Å². The van der Waals surface area contributed by atoms with E-state index in [0.717, 1.165) is 29.7 Å². The fourth-order valence-electron chi connectivity index (χ4n) is 2.44. The zero-order valence-corrected chi connectivity index (χ0v) is 11.8. The third kappa shape index (κ3) is 2.35. The van der Waals surface area contributed by atoms with Gasteiger partial charge in [0.2, 0.25) is 0 Å². The monoisotopic (exact) mass is 273 g/mol. The van der Waals surface area contributed by atoms with Crippen LogP contribution in [0.2, 0.25) is 0 Å². The van der Waals surface area contributed by atoms with Gasteiger partial charge in [0.1, 0.15) is 17.9 Å². The molecule has 0 radical (unpaired) electrons. The van der Waals surface area contributed by atoms with Gasteiger partial charge in [0.15, 0.2) is 0 Å². The maximum absolute atomic E-state index is 11.9. The van der Waals surface area contributed by atoms with Crippen LogP contribution in [0.4, 0.5) is 5.69 Å². The predicted octanol–water partition coefficient (Wildman–Crippen LogP) is 2.45. The summed E-state index contributed by atoms with van der Waals surface area (Å²) in [5.74, 6) is 1.18. The molecule has 2 aromatic rings. The van der Waals surface area contributed by atoms with Gasteiger partial charge < -0.3 is 15.0 Å². The number of esters is 1. The van der Waals surface area contributed by atoms with E-state index in [1.165, 1.54) is 0 Å². The van der Waals surface area contributed by atoms with E-state index in [-0.39, 0.29) is 18.6 Å². The molecule has 1 aromatic carbocycles. The van der Waals surface area contributed by atoms with Crippen LogP contribution in [0.3, 0.4) is 0 Å². The molecule has 1 aliphatic rings. The van der Waals surface area contributed by atoms with E-state index in [1.54, 1.807) is 0 Å². The Bertz CT molecular complexity index is 656. The predicted molar refractivity (Wildman–Crippen MR) is 77.3 cm³/mol. The number of benzene rings is 1. The van der Waals surface area contributed by atoms with Gasteiger partial charge in [0, 0.05) is 5.92 Å². The lowest BCUT2D eigenvalue weighted by Gasteiger charge is -2.11. The summed E-state index contributed by atoms with van der Waals surface area (Å²) in [5, 5.41) is 0. The number of nitrogen functional groups attached to an aromatic ring is 1. The van der Waals surface area contributed by atoms with Crippen molar-refractivity contribution < 1.29 is 9.53 Å². The van der Waals surface area contributed by atoms with Crippen molar-refractivity contribution >= 4 is 22.7 Å². The second-order valence-electron chi connectivity index (χ2n) is 5.58. The lowest BCUT2D eigenvalue weighted by Crippen LogP contribution is -2.18. The Morgan fingerprint density at radius 3 is 2.90 bits per heavy atom. The number of imidazole rings is 1. The number of ether oxygens (including phenoxy) is 1. The molecule has 3 rings (SSSR count). The number of nitrogens with two attached hydrogens (primary N) is 1. The highest BCUT2D eigenvalue weighted by Crippen LogP contribution is 2.41. The first-order chi connectivity index (χ1) is 9.56. The van der Waals surface area contributed by atoms with Gasteiger partial charge in [-0.25, -0.2) is 4.98 Å². The van der Waals surface area contributed by atoms with Gasteiger partial charge in [-0.05, 0) is 38.8 Å². The standard InChI is InChI=1S/C15H19N3O2/c1-9(2)20-13(19)8-18-12-5-3-4-11(16)14(12)17-15(18)10-6-7-10/h3-5,9-10H,6-8,16H2,1-2H3. The first kappa shape index (κ1) is 13.0. The summed E-state index contributed by atoms with van der Waals surface area (Å²) in [5.41, 5.74) is 8.33. The van der Waals surface area contributed by atoms with Gasteiger partial charge in [-0.3, -0.25) is 4.79 Å². The van der Waals surface area contributed by atoms with Gasteiger partial charge >= 0.3 is 5.97 Å². The van der Waals surface area contributed by atoms with Crippen molar-refractivity contribution in [2.45, 2.75) is 45.3 Å². The van der Waals surface area contributed by atoms with E-state index in [1.807, 2.05) is 36.6 Å². The smallest absolute Gasteiger partial charge is 0.326 e. The molecule has 0 spiro atoms. The molecular weight excluding hydrogens is 254 g/mol. The molecule has 2 N–H and O–H groups in total. The molecule has 5 heteroatoms. The van der Waals surface area contributed by atoms with Gasteiger partial charge in [0.25, 0.3) is 0 Å². The van der Waals surface area contributed by atoms with Crippen molar-refractivity contribution in [1.82, 2.24) is 9.55 Å². The largest absolute Gasteiger partial charge is 0.462 e. The Kier molecular flexibility index (Phi) is 3.12. The van der Waals surface area contributed by atoms with Crippen LogP contribution < -0.4 is 5.73 Å². The average molecular weight is 273 g/mol. The molecule has 5 nitrogen and oxygen atoms in total. The molecular formula is C15H19N3O2. The van der Waals surface area contributed by atoms with Crippen LogP contribution in [0.1, 0.15) is 38.4 Å². The lowest BCUT2D eigenvalue weighted by molar-refractivity contribution is -0.148. The number of hydrogen-bond donors (Lipinski definition) is 1. The first-order valence-corrected chi connectivity index (χ1v) is 7.00. The quantitative estimate of drug-likeness (QED) is 0.686. The van der Waals surface area contributed by atoms with Crippen LogP contribution >= 0.6 is 0 Å². The Morgan fingerprint density at radius 1 is 1.50 bits per heavy atom. The first-order valence-electron chi connectivity index (χ1n) is 7.00. The molecule has 1 heterocycles. The number of anilines is 1. The lowest BCUT2D eigenvalue weighted by atomic mass is 10.3. The van der Waals surface area contributed by atoms with Crippen molar-refractivity contribution in [2.24, 2.45) is 0 Å². The Morgan fingerprint density at radius 2 is 2.25 bits per heavy atom. The second-order valence-corrected chi connectivity index (χ2v) is 5.58. The normalized spacial score (nSPS) is 14.9. The number of rotatable bonds is 4. The molecule has 1 fully saturated rings. The van der Waals surface area contributed by atoms with E-state index in [9.17, 15) is 4.79 Å². The Hall–Kier alpha value is -2.04. The van der Waals surface area contributed by atoms with Gasteiger partial charge in [-0.15, -0.1) is 0 Å². The zero-order chi connectivity index (χ0) is 14.3.